The van der Waals surface area contributed by atoms with Crippen LogP contribution in [0.5, 0.6) is 0 Å². The number of benzene rings is 2. The van der Waals surface area contributed by atoms with Gasteiger partial charge in [-0.3, -0.25) is 0 Å². The third kappa shape index (κ3) is 2.25. The standard InChI is InChI=1S/C16H14ClNO2/c17-13-6-3-7-14(18)15(13)16(19)20-9-11-8-10-4-1-2-5-12(10)11/h1-7,11H,8-9,18H2. The minimum Gasteiger partial charge on any atom is -0.461 e. The van der Waals surface area contributed by atoms with Crippen LogP contribution in [0.4, 0.5) is 5.69 Å². The maximum atomic E-state index is 12.1. The summed E-state index contributed by atoms with van der Waals surface area (Å²) in [6.07, 6.45) is 0.946. The summed E-state index contributed by atoms with van der Waals surface area (Å²) in [4.78, 5) is 12.1. The Bertz CT molecular complexity index is 649. The van der Waals surface area contributed by atoms with Crippen LogP contribution in [0, 0.1) is 0 Å². The fourth-order valence-electron chi connectivity index (χ4n) is 2.52. The van der Waals surface area contributed by atoms with Crippen molar-refractivity contribution in [3.8, 4) is 0 Å². The lowest BCUT2D eigenvalue weighted by atomic mass is 9.78. The number of ether oxygens (including phenoxy) is 1. The molecule has 1 aliphatic carbocycles. The smallest absolute Gasteiger partial charge is 0.341 e. The number of esters is 1. The van der Waals surface area contributed by atoms with Crippen molar-refractivity contribution in [1.29, 1.82) is 0 Å². The summed E-state index contributed by atoms with van der Waals surface area (Å²) in [5.41, 5.74) is 8.94. The lowest BCUT2D eigenvalue weighted by Crippen LogP contribution is -2.23. The van der Waals surface area contributed by atoms with Gasteiger partial charge in [-0.1, -0.05) is 41.9 Å². The Kier molecular flexibility index (Phi) is 3.36. The Morgan fingerprint density at radius 2 is 2.05 bits per heavy atom. The van der Waals surface area contributed by atoms with Gasteiger partial charge in [0.2, 0.25) is 0 Å². The molecule has 3 rings (SSSR count). The first-order chi connectivity index (χ1) is 9.66. The van der Waals surface area contributed by atoms with Crippen LogP contribution in [0.3, 0.4) is 0 Å². The summed E-state index contributed by atoms with van der Waals surface area (Å²) in [6.45, 7) is 0.362. The molecule has 2 aromatic carbocycles. The van der Waals surface area contributed by atoms with E-state index in [-0.39, 0.29) is 11.5 Å². The lowest BCUT2D eigenvalue weighted by molar-refractivity contribution is 0.0471. The van der Waals surface area contributed by atoms with Crippen molar-refractivity contribution < 1.29 is 9.53 Å². The zero-order valence-corrected chi connectivity index (χ0v) is 11.6. The highest BCUT2D eigenvalue weighted by Gasteiger charge is 2.27. The average molecular weight is 288 g/mol. The zero-order valence-electron chi connectivity index (χ0n) is 10.8. The summed E-state index contributed by atoms with van der Waals surface area (Å²) < 4.78 is 5.35. The van der Waals surface area contributed by atoms with Crippen molar-refractivity contribution in [2.45, 2.75) is 12.3 Å². The number of hydrogen-bond acceptors (Lipinski definition) is 3. The number of anilines is 1. The van der Waals surface area contributed by atoms with Crippen LogP contribution in [0.15, 0.2) is 42.5 Å². The van der Waals surface area contributed by atoms with Crippen LogP contribution in [0.1, 0.15) is 27.4 Å². The Morgan fingerprint density at radius 1 is 1.25 bits per heavy atom. The van der Waals surface area contributed by atoms with Gasteiger partial charge >= 0.3 is 5.97 Å². The van der Waals surface area contributed by atoms with E-state index >= 15 is 0 Å². The molecule has 0 heterocycles. The minimum atomic E-state index is -0.461. The van der Waals surface area contributed by atoms with Crippen molar-refractivity contribution in [2.24, 2.45) is 0 Å². The summed E-state index contributed by atoms with van der Waals surface area (Å²) in [5.74, 6) is -0.184. The second-order valence-corrected chi connectivity index (χ2v) is 5.31. The summed E-state index contributed by atoms with van der Waals surface area (Å²) >= 11 is 5.99. The molecule has 0 radical (unpaired) electrons. The maximum absolute atomic E-state index is 12.1. The second-order valence-electron chi connectivity index (χ2n) is 4.90. The SMILES string of the molecule is Nc1cccc(Cl)c1C(=O)OCC1Cc2ccccc21. The van der Waals surface area contributed by atoms with E-state index in [2.05, 4.69) is 12.1 Å². The molecule has 2 N–H and O–H groups in total. The van der Waals surface area contributed by atoms with Gasteiger partial charge in [0.05, 0.1) is 11.6 Å². The monoisotopic (exact) mass is 287 g/mol. The fraction of sp³-hybridized carbons (Fsp3) is 0.188. The van der Waals surface area contributed by atoms with Gasteiger partial charge in [-0.25, -0.2) is 4.79 Å². The third-order valence-corrected chi connectivity index (χ3v) is 3.94. The molecule has 0 spiro atoms. The second kappa shape index (κ2) is 5.17. The molecule has 1 unspecified atom stereocenters. The van der Waals surface area contributed by atoms with E-state index in [0.29, 0.717) is 17.3 Å². The number of nitrogen functional groups attached to an aromatic ring is 1. The number of halogens is 1. The van der Waals surface area contributed by atoms with E-state index in [4.69, 9.17) is 22.1 Å². The number of nitrogens with two attached hydrogens (primary N) is 1. The van der Waals surface area contributed by atoms with Gasteiger partial charge in [0, 0.05) is 11.6 Å². The highest BCUT2D eigenvalue weighted by atomic mass is 35.5. The highest BCUT2D eigenvalue weighted by Crippen LogP contribution is 2.35. The van der Waals surface area contributed by atoms with E-state index in [0.717, 1.165) is 6.42 Å². The molecule has 102 valence electrons. The van der Waals surface area contributed by atoms with Crippen LogP contribution in [0.2, 0.25) is 5.02 Å². The van der Waals surface area contributed by atoms with Gasteiger partial charge in [-0.05, 0) is 29.7 Å². The molecule has 0 bridgehead atoms. The number of hydrogen-bond donors (Lipinski definition) is 1. The molecule has 0 amide bonds. The average Bonchev–Trinajstić information content (AvgIpc) is 2.39. The van der Waals surface area contributed by atoms with E-state index in [9.17, 15) is 4.79 Å². The molecule has 0 saturated heterocycles. The first-order valence-electron chi connectivity index (χ1n) is 6.45. The minimum absolute atomic E-state index is 0.252. The molecule has 4 heteroatoms. The van der Waals surface area contributed by atoms with Crippen LogP contribution < -0.4 is 5.73 Å². The van der Waals surface area contributed by atoms with Crippen LogP contribution in [-0.4, -0.2) is 12.6 Å². The highest BCUT2D eigenvalue weighted by molar-refractivity contribution is 6.34. The van der Waals surface area contributed by atoms with Gasteiger partial charge in [0.1, 0.15) is 5.56 Å². The van der Waals surface area contributed by atoms with Gasteiger partial charge in [0.25, 0.3) is 0 Å². The zero-order chi connectivity index (χ0) is 14.1. The summed E-state index contributed by atoms with van der Waals surface area (Å²) in [5, 5.41) is 0.323. The van der Waals surface area contributed by atoms with Crippen molar-refractivity contribution in [1.82, 2.24) is 0 Å². The topological polar surface area (TPSA) is 52.3 Å². The molecule has 2 aromatic rings. The van der Waals surface area contributed by atoms with Gasteiger partial charge in [-0.2, -0.15) is 0 Å². The predicted octanol–water partition coefficient (Wildman–Crippen LogP) is 3.42. The Labute approximate surface area is 122 Å². The van der Waals surface area contributed by atoms with Crippen molar-refractivity contribution in [3.63, 3.8) is 0 Å². The first kappa shape index (κ1) is 13.0. The van der Waals surface area contributed by atoms with Crippen LogP contribution in [-0.2, 0) is 11.2 Å². The molecule has 0 fully saturated rings. The fourth-order valence-corrected chi connectivity index (χ4v) is 2.78. The van der Waals surface area contributed by atoms with Crippen LogP contribution >= 0.6 is 11.6 Å². The molecular formula is C16H14ClNO2. The molecule has 1 atom stereocenters. The quantitative estimate of drug-likeness (QED) is 0.695. The Hall–Kier alpha value is -2.00. The third-order valence-electron chi connectivity index (χ3n) is 3.63. The van der Waals surface area contributed by atoms with Crippen LogP contribution in [0.25, 0.3) is 0 Å². The number of rotatable bonds is 3. The summed E-state index contributed by atoms with van der Waals surface area (Å²) in [6, 6.07) is 13.2. The molecule has 20 heavy (non-hydrogen) atoms. The number of carbonyl (C=O) groups excluding carboxylic acids is 1. The maximum Gasteiger partial charge on any atom is 0.341 e. The lowest BCUT2D eigenvalue weighted by Gasteiger charge is -2.29. The van der Waals surface area contributed by atoms with Crippen molar-refractivity contribution >= 4 is 23.3 Å². The molecule has 0 aliphatic heterocycles. The Balaban J connectivity index is 1.67. The van der Waals surface area contributed by atoms with E-state index in [1.54, 1.807) is 18.2 Å². The number of carbonyl (C=O) groups is 1. The Morgan fingerprint density at radius 3 is 2.80 bits per heavy atom. The normalized spacial score (nSPS) is 16.1. The molecule has 1 aliphatic rings. The van der Waals surface area contributed by atoms with E-state index < -0.39 is 5.97 Å². The largest absolute Gasteiger partial charge is 0.461 e. The van der Waals surface area contributed by atoms with Crippen molar-refractivity contribution in [2.75, 3.05) is 12.3 Å². The summed E-state index contributed by atoms with van der Waals surface area (Å²) in [7, 11) is 0. The van der Waals surface area contributed by atoms with E-state index in [1.807, 2.05) is 12.1 Å². The first-order valence-corrected chi connectivity index (χ1v) is 6.83. The predicted molar refractivity (Wildman–Crippen MR) is 79.0 cm³/mol. The number of fused-ring (bicyclic) bond motifs is 1. The van der Waals surface area contributed by atoms with Crippen molar-refractivity contribution in [3.05, 3.63) is 64.2 Å². The molecule has 0 aromatic heterocycles. The molecule has 3 nitrogen and oxygen atoms in total. The molecule has 0 saturated carbocycles. The van der Waals surface area contributed by atoms with E-state index in [1.165, 1.54) is 11.1 Å². The van der Waals surface area contributed by atoms with Gasteiger partial charge in [0.15, 0.2) is 0 Å². The van der Waals surface area contributed by atoms with Gasteiger partial charge < -0.3 is 10.5 Å². The molecular weight excluding hydrogens is 274 g/mol. The van der Waals surface area contributed by atoms with Gasteiger partial charge in [-0.15, -0.1) is 0 Å².